The molecule has 2 N–H and O–H groups in total. The number of nitrogens with zero attached hydrogens (tertiary/aromatic N) is 1. The summed E-state index contributed by atoms with van der Waals surface area (Å²) in [6.45, 7) is 9.06. The maximum atomic E-state index is 14.1. The van der Waals surface area contributed by atoms with Gasteiger partial charge in [-0.1, -0.05) is 12.1 Å². The Bertz CT molecular complexity index is 803. The summed E-state index contributed by atoms with van der Waals surface area (Å²) in [6.07, 6.45) is 0. The Balaban J connectivity index is 2.19. The summed E-state index contributed by atoms with van der Waals surface area (Å²) in [7, 11) is 0. The first-order chi connectivity index (χ1) is 11.6. The number of carbonyl (C=O) groups excluding carboxylic acids is 2. The van der Waals surface area contributed by atoms with Crippen LogP contribution in [0, 0.1) is 19.7 Å². The van der Waals surface area contributed by atoms with Gasteiger partial charge in [0.05, 0.1) is 17.8 Å². The zero-order valence-corrected chi connectivity index (χ0v) is 15.2. The van der Waals surface area contributed by atoms with Crippen LogP contribution >= 0.6 is 0 Å². The van der Waals surface area contributed by atoms with E-state index >= 15 is 0 Å². The van der Waals surface area contributed by atoms with Gasteiger partial charge in [-0.15, -0.1) is 0 Å². The molecule has 0 spiro atoms. The number of carbonyl (C=O) groups is 2. The number of amides is 2. The van der Waals surface area contributed by atoms with Crippen molar-refractivity contribution in [2.24, 2.45) is 0 Å². The van der Waals surface area contributed by atoms with E-state index in [4.69, 9.17) is 0 Å². The van der Waals surface area contributed by atoms with Crippen molar-refractivity contribution in [2.45, 2.75) is 40.2 Å². The van der Waals surface area contributed by atoms with Gasteiger partial charge in [0.1, 0.15) is 5.82 Å². The number of nitrogens with one attached hydrogen (secondary N) is 2. The minimum absolute atomic E-state index is 0.112. The third-order valence-corrected chi connectivity index (χ3v) is 3.69. The highest BCUT2D eigenvalue weighted by Crippen LogP contribution is 2.22. The number of halogens is 1. The molecule has 2 aromatic rings. The summed E-state index contributed by atoms with van der Waals surface area (Å²) in [4.78, 5) is 24.3. The van der Waals surface area contributed by atoms with Crippen LogP contribution in [0.15, 0.2) is 30.3 Å². The molecule has 5 nitrogen and oxygen atoms in total. The van der Waals surface area contributed by atoms with Gasteiger partial charge in [0.2, 0.25) is 5.91 Å². The number of benzene rings is 1. The van der Waals surface area contributed by atoms with E-state index in [0.717, 1.165) is 5.69 Å². The third kappa shape index (κ3) is 4.47. The Morgan fingerprint density at radius 3 is 2.40 bits per heavy atom. The lowest BCUT2D eigenvalue weighted by Gasteiger charge is -2.20. The molecule has 0 radical (unpaired) electrons. The summed E-state index contributed by atoms with van der Waals surface area (Å²) in [6, 6.07) is 8.10. The van der Waals surface area contributed by atoms with Crippen LogP contribution in [0.2, 0.25) is 0 Å². The maximum Gasteiger partial charge on any atom is 0.253 e. The highest BCUT2D eigenvalue weighted by Gasteiger charge is 2.19. The van der Waals surface area contributed by atoms with Crippen LogP contribution < -0.4 is 10.6 Å². The fourth-order valence-corrected chi connectivity index (χ4v) is 2.71. The second kappa shape index (κ2) is 7.09. The molecule has 0 atom stereocenters. The van der Waals surface area contributed by atoms with Crippen molar-refractivity contribution in [1.82, 2.24) is 15.2 Å². The van der Waals surface area contributed by atoms with Crippen LogP contribution in [-0.2, 0) is 4.79 Å². The second-order valence-electron chi connectivity index (χ2n) is 7.05. The molecule has 0 fully saturated rings. The number of aromatic nitrogens is 1. The molecule has 0 aliphatic carbocycles. The smallest absolute Gasteiger partial charge is 0.253 e. The maximum absolute atomic E-state index is 14.1. The molecule has 0 unspecified atom stereocenters. The average Bonchev–Trinajstić information content (AvgIpc) is 2.79. The van der Waals surface area contributed by atoms with Crippen LogP contribution in [-0.4, -0.2) is 28.5 Å². The van der Waals surface area contributed by atoms with Crippen LogP contribution in [0.1, 0.15) is 42.5 Å². The van der Waals surface area contributed by atoms with E-state index in [1.807, 2.05) is 27.7 Å². The minimum atomic E-state index is -0.361. The van der Waals surface area contributed by atoms with Gasteiger partial charge in [-0.05, 0) is 52.8 Å². The fraction of sp³-hybridized carbons (Fsp3) is 0.368. The van der Waals surface area contributed by atoms with E-state index in [1.165, 1.54) is 6.07 Å². The molecule has 2 amide bonds. The average molecular weight is 345 g/mol. The fourth-order valence-electron chi connectivity index (χ4n) is 2.71. The zero-order valence-electron chi connectivity index (χ0n) is 15.2. The topological polar surface area (TPSA) is 63.1 Å². The molecule has 1 aromatic carbocycles. The van der Waals surface area contributed by atoms with Crippen LogP contribution in [0.5, 0.6) is 0 Å². The lowest BCUT2D eigenvalue weighted by molar-refractivity contribution is -0.121. The van der Waals surface area contributed by atoms with E-state index < -0.39 is 0 Å². The number of aryl methyl sites for hydroxylation is 1. The van der Waals surface area contributed by atoms with E-state index in [1.54, 1.807) is 35.8 Å². The predicted octanol–water partition coefficient (Wildman–Crippen LogP) is 2.88. The highest BCUT2D eigenvalue weighted by atomic mass is 19.1. The van der Waals surface area contributed by atoms with Gasteiger partial charge in [0.25, 0.3) is 5.91 Å². The quantitative estimate of drug-likeness (QED) is 0.895. The Morgan fingerprint density at radius 1 is 1.16 bits per heavy atom. The van der Waals surface area contributed by atoms with E-state index in [2.05, 4.69) is 10.6 Å². The van der Waals surface area contributed by atoms with E-state index in [9.17, 15) is 14.0 Å². The molecule has 0 saturated carbocycles. The standard InChI is InChI=1S/C19H24FN3O2/c1-12-10-14(18(25)21-11-17(24)22-19(3,4)5)13(2)23(12)16-9-7-6-8-15(16)20/h6-10H,11H2,1-5H3,(H,21,25)(H,22,24). The summed E-state index contributed by atoms with van der Waals surface area (Å²) in [5.74, 6) is -0.982. The van der Waals surface area contributed by atoms with Crippen LogP contribution in [0.25, 0.3) is 5.69 Å². The molecular formula is C19H24FN3O2. The van der Waals surface area contributed by atoms with Crippen molar-refractivity contribution in [3.63, 3.8) is 0 Å². The molecule has 25 heavy (non-hydrogen) atoms. The van der Waals surface area contributed by atoms with Crippen LogP contribution in [0.3, 0.4) is 0 Å². The Kier molecular flexibility index (Phi) is 5.30. The monoisotopic (exact) mass is 345 g/mol. The van der Waals surface area contributed by atoms with Gasteiger partial charge < -0.3 is 15.2 Å². The molecule has 0 bridgehead atoms. The summed E-state index contributed by atoms with van der Waals surface area (Å²) in [5, 5.41) is 5.39. The Labute approximate surface area is 147 Å². The third-order valence-electron chi connectivity index (χ3n) is 3.69. The molecule has 0 aliphatic rings. The molecule has 1 heterocycles. The van der Waals surface area contributed by atoms with Gasteiger partial charge in [0.15, 0.2) is 0 Å². The van der Waals surface area contributed by atoms with Gasteiger partial charge >= 0.3 is 0 Å². The van der Waals surface area contributed by atoms with Crippen molar-refractivity contribution < 1.29 is 14.0 Å². The second-order valence-corrected chi connectivity index (χ2v) is 7.05. The largest absolute Gasteiger partial charge is 0.350 e. The van der Waals surface area contributed by atoms with Gasteiger partial charge in [-0.25, -0.2) is 4.39 Å². The van der Waals surface area contributed by atoms with Crippen molar-refractivity contribution in [2.75, 3.05) is 6.54 Å². The molecular weight excluding hydrogens is 321 g/mol. The van der Waals surface area contributed by atoms with E-state index in [0.29, 0.717) is 16.9 Å². The molecule has 1 aromatic heterocycles. The van der Waals surface area contributed by atoms with Gasteiger partial charge in [0, 0.05) is 16.9 Å². The first-order valence-electron chi connectivity index (χ1n) is 8.13. The number of rotatable bonds is 4. The molecule has 134 valence electrons. The summed E-state index contributed by atoms with van der Waals surface area (Å²) in [5.41, 5.74) is 1.82. The van der Waals surface area contributed by atoms with Crippen molar-refractivity contribution in [1.29, 1.82) is 0 Å². The summed E-state index contributed by atoms with van der Waals surface area (Å²) >= 11 is 0. The first kappa shape index (κ1) is 18.7. The predicted molar refractivity (Wildman–Crippen MR) is 95.4 cm³/mol. The summed E-state index contributed by atoms with van der Waals surface area (Å²) < 4.78 is 15.8. The molecule has 2 rings (SSSR count). The number of para-hydroxylation sites is 1. The highest BCUT2D eigenvalue weighted by molar-refractivity contribution is 5.98. The van der Waals surface area contributed by atoms with Crippen molar-refractivity contribution in [3.8, 4) is 5.69 Å². The lowest BCUT2D eigenvalue weighted by Crippen LogP contribution is -2.45. The Hall–Kier alpha value is -2.63. The molecule has 6 heteroatoms. The lowest BCUT2D eigenvalue weighted by atomic mass is 10.1. The van der Waals surface area contributed by atoms with Crippen molar-refractivity contribution in [3.05, 3.63) is 53.1 Å². The van der Waals surface area contributed by atoms with Gasteiger partial charge in [-0.2, -0.15) is 0 Å². The zero-order chi connectivity index (χ0) is 18.8. The first-order valence-corrected chi connectivity index (χ1v) is 8.13. The van der Waals surface area contributed by atoms with Gasteiger partial charge in [-0.3, -0.25) is 9.59 Å². The van der Waals surface area contributed by atoms with Crippen molar-refractivity contribution >= 4 is 11.8 Å². The Morgan fingerprint density at radius 2 is 1.80 bits per heavy atom. The number of hydrogen-bond donors (Lipinski definition) is 2. The number of hydrogen-bond acceptors (Lipinski definition) is 2. The molecule has 0 aliphatic heterocycles. The normalized spacial score (nSPS) is 11.3. The minimum Gasteiger partial charge on any atom is -0.350 e. The SMILES string of the molecule is Cc1cc(C(=O)NCC(=O)NC(C)(C)C)c(C)n1-c1ccccc1F. The van der Waals surface area contributed by atoms with Crippen LogP contribution in [0.4, 0.5) is 4.39 Å². The molecule has 0 saturated heterocycles. The van der Waals surface area contributed by atoms with E-state index in [-0.39, 0.29) is 29.7 Å².